The molecule has 0 fully saturated rings. The van der Waals surface area contributed by atoms with Gasteiger partial charge in [0.25, 0.3) is 0 Å². The van der Waals surface area contributed by atoms with E-state index in [0.717, 1.165) is 11.3 Å². The first-order valence-corrected chi connectivity index (χ1v) is 5.71. The highest BCUT2D eigenvalue weighted by Gasteiger charge is 2.15. The molecule has 1 N–H and O–H groups in total. The van der Waals surface area contributed by atoms with Crippen LogP contribution < -0.4 is 0 Å². The molecular formula is C14H10N2O3. The number of aryl methyl sites for hydroxylation is 1. The van der Waals surface area contributed by atoms with Gasteiger partial charge in [-0.2, -0.15) is 0 Å². The normalized spacial score (nSPS) is 10.8. The van der Waals surface area contributed by atoms with Crippen molar-refractivity contribution in [1.82, 2.24) is 9.97 Å². The zero-order valence-electron chi connectivity index (χ0n) is 10.1. The summed E-state index contributed by atoms with van der Waals surface area (Å²) >= 11 is 0. The fourth-order valence-electron chi connectivity index (χ4n) is 1.92. The zero-order valence-corrected chi connectivity index (χ0v) is 10.1. The topological polar surface area (TPSA) is 76.2 Å². The number of aromatic carboxylic acids is 1. The molecule has 0 aliphatic heterocycles. The molecule has 3 aromatic rings. The van der Waals surface area contributed by atoms with Crippen LogP contribution in [0.1, 0.15) is 16.1 Å². The number of carboxylic acids is 1. The molecule has 0 amide bonds. The molecular weight excluding hydrogens is 244 g/mol. The number of benzene rings is 1. The van der Waals surface area contributed by atoms with Gasteiger partial charge in [0.15, 0.2) is 5.58 Å². The lowest BCUT2D eigenvalue weighted by atomic mass is 10.2. The average Bonchev–Trinajstić information content (AvgIpc) is 2.82. The van der Waals surface area contributed by atoms with Gasteiger partial charge in [0, 0.05) is 17.5 Å². The molecule has 0 atom stereocenters. The van der Waals surface area contributed by atoms with Crippen LogP contribution in [0, 0.1) is 6.92 Å². The van der Waals surface area contributed by atoms with Crippen LogP contribution in [-0.2, 0) is 0 Å². The minimum atomic E-state index is -1.03. The van der Waals surface area contributed by atoms with Crippen LogP contribution in [0.5, 0.6) is 0 Å². The first-order chi connectivity index (χ1) is 9.15. The van der Waals surface area contributed by atoms with E-state index in [9.17, 15) is 4.79 Å². The quantitative estimate of drug-likeness (QED) is 0.760. The third-order valence-corrected chi connectivity index (χ3v) is 2.79. The molecule has 5 heteroatoms. The van der Waals surface area contributed by atoms with Crippen molar-refractivity contribution in [3.63, 3.8) is 0 Å². The molecule has 2 heterocycles. The number of rotatable bonds is 2. The van der Waals surface area contributed by atoms with E-state index in [0.29, 0.717) is 17.0 Å². The Bertz CT molecular complexity index is 777. The molecule has 0 aliphatic rings. The Hall–Kier alpha value is -2.69. The third-order valence-electron chi connectivity index (χ3n) is 2.79. The van der Waals surface area contributed by atoms with Gasteiger partial charge in [-0.1, -0.05) is 6.07 Å². The van der Waals surface area contributed by atoms with Crippen LogP contribution in [0.2, 0.25) is 0 Å². The third kappa shape index (κ3) is 1.95. The van der Waals surface area contributed by atoms with E-state index in [2.05, 4.69) is 9.97 Å². The monoisotopic (exact) mass is 254 g/mol. The first kappa shape index (κ1) is 11.4. The standard InChI is InChI=1S/C14H10N2O3/c1-8-7-9(5-6-15-8)13-16-11-4-2-3-10(14(17)18)12(11)19-13/h2-7H,1H3,(H,17,18). The number of hydrogen-bond acceptors (Lipinski definition) is 4. The van der Waals surface area contributed by atoms with E-state index in [-0.39, 0.29) is 5.56 Å². The molecule has 0 aliphatic carbocycles. The fraction of sp³-hybridized carbons (Fsp3) is 0.0714. The highest BCUT2D eigenvalue weighted by Crippen LogP contribution is 2.26. The van der Waals surface area contributed by atoms with Gasteiger partial charge < -0.3 is 9.52 Å². The zero-order chi connectivity index (χ0) is 13.4. The predicted molar refractivity (Wildman–Crippen MR) is 68.9 cm³/mol. The number of para-hydroxylation sites is 1. The molecule has 0 radical (unpaired) electrons. The van der Waals surface area contributed by atoms with E-state index >= 15 is 0 Å². The Kier molecular flexibility index (Phi) is 2.52. The Balaban J connectivity index is 2.22. The lowest BCUT2D eigenvalue weighted by Crippen LogP contribution is -1.95. The number of carboxylic acid groups (broad SMARTS) is 1. The molecule has 2 aromatic heterocycles. The molecule has 0 saturated heterocycles. The largest absolute Gasteiger partial charge is 0.478 e. The van der Waals surface area contributed by atoms with Crippen LogP contribution in [0.3, 0.4) is 0 Å². The van der Waals surface area contributed by atoms with E-state index in [1.807, 2.05) is 13.0 Å². The Labute approximate surface area is 108 Å². The molecule has 0 unspecified atom stereocenters. The van der Waals surface area contributed by atoms with Crippen molar-refractivity contribution in [2.45, 2.75) is 6.92 Å². The van der Waals surface area contributed by atoms with Crippen molar-refractivity contribution >= 4 is 17.1 Å². The van der Waals surface area contributed by atoms with Gasteiger partial charge in [0.1, 0.15) is 11.1 Å². The summed E-state index contributed by atoms with van der Waals surface area (Å²) in [6, 6.07) is 8.49. The second kappa shape index (κ2) is 4.20. The summed E-state index contributed by atoms with van der Waals surface area (Å²) in [7, 11) is 0. The maximum absolute atomic E-state index is 11.1. The summed E-state index contributed by atoms with van der Waals surface area (Å²) in [5, 5.41) is 9.11. The molecule has 19 heavy (non-hydrogen) atoms. The van der Waals surface area contributed by atoms with Gasteiger partial charge in [-0.3, -0.25) is 4.98 Å². The second-order valence-corrected chi connectivity index (χ2v) is 4.16. The van der Waals surface area contributed by atoms with Gasteiger partial charge in [-0.05, 0) is 31.2 Å². The van der Waals surface area contributed by atoms with Crippen molar-refractivity contribution in [1.29, 1.82) is 0 Å². The highest BCUT2D eigenvalue weighted by atomic mass is 16.4. The van der Waals surface area contributed by atoms with Crippen LogP contribution >= 0.6 is 0 Å². The summed E-state index contributed by atoms with van der Waals surface area (Å²) in [4.78, 5) is 19.5. The maximum atomic E-state index is 11.1. The van der Waals surface area contributed by atoms with Crippen molar-refractivity contribution < 1.29 is 14.3 Å². The van der Waals surface area contributed by atoms with Gasteiger partial charge in [0.05, 0.1) is 0 Å². The second-order valence-electron chi connectivity index (χ2n) is 4.16. The molecule has 94 valence electrons. The predicted octanol–water partition coefficient (Wildman–Crippen LogP) is 2.90. The summed E-state index contributed by atoms with van der Waals surface area (Å²) < 4.78 is 5.58. The number of carbonyl (C=O) groups is 1. The summed E-state index contributed by atoms with van der Waals surface area (Å²) in [5.74, 6) is -0.631. The van der Waals surface area contributed by atoms with Gasteiger partial charge in [0.2, 0.25) is 5.89 Å². The Morgan fingerprint density at radius 1 is 1.32 bits per heavy atom. The fourth-order valence-corrected chi connectivity index (χ4v) is 1.92. The van der Waals surface area contributed by atoms with Crippen LogP contribution in [0.4, 0.5) is 0 Å². The Morgan fingerprint density at radius 3 is 2.89 bits per heavy atom. The summed E-state index contributed by atoms with van der Waals surface area (Å²) in [6.07, 6.45) is 1.66. The Morgan fingerprint density at radius 2 is 2.16 bits per heavy atom. The van der Waals surface area contributed by atoms with Gasteiger partial charge in [-0.25, -0.2) is 9.78 Å². The van der Waals surface area contributed by atoms with Gasteiger partial charge in [-0.15, -0.1) is 0 Å². The van der Waals surface area contributed by atoms with Crippen LogP contribution in [0.25, 0.3) is 22.6 Å². The van der Waals surface area contributed by atoms with E-state index in [4.69, 9.17) is 9.52 Å². The molecule has 5 nitrogen and oxygen atoms in total. The number of pyridine rings is 1. The SMILES string of the molecule is Cc1cc(-c2nc3cccc(C(=O)O)c3o2)ccn1. The minimum Gasteiger partial charge on any atom is -0.478 e. The number of nitrogens with zero attached hydrogens (tertiary/aromatic N) is 2. The van der Waals surface area contributed by atoms with E-state index < -0.39 is 5.97 Å². The van der Waals surface area contributed by atoms with Crippen molar-refractivity contribution in [3.05, 3.63) is 47.8 Å². The summed E-state index contributed by atoms with van der Waals surface area (Å²) in [5.41, 5.74) is 2.56. The van der Waals surface area contributed by atoms with E-state index in [1.54, 1.807) is 24.4 Å². The van der Waals surface area contributed by atoms with Crippen molar-refractivity contribution in [2.24, 2.45) is 0 Å². The number of fused-ring (bicyclic) bond motifs is 1. The maximum Gasteiger partial charge on any atom is 0.339 e. The van der Waals surface area contributed by atoms with Crippen molar-refractivity contribution in [3.8, 4) is 11.5 Å². The number of hydrogen-bond donors (Lipinski definition) is 1. The number of oxazole rings is 1. The van der Waals surface area contributed by atoms with Gasteiger partial charge >= 0.3 is 5.97 Å². The van der Waals surface area contributed by atoms with E-state index in [1.165, 1.54) is 6.07 Å². The highest BCUT2D eigenvalue weighted by molar-refractivity contribution is 6.00. The molecule has 3 rings (SSSR count). The van der Waals surface area contributed by atoms with Crippen LogP contribution in [0.15, 0.2) is 40.9 Å². The molecule has 0 bridgehead atoms. The molecule has 0 spiro atoms. The average molecular weight is 254 g/mol. The van der Waals surface area contributed by atoms with Crippen LogP contribution in [-0.4, -0.2) is 21.0 Å². The van der Waals surface area contributed by atoms with Crippen molar-refractivity contribution in [2.75, 3.05) is 0 Å². The lowest BCUT2D eigenvalue weighted by Gasteiger charge is -1.96. The smallest absolute Gasteiger partial charge is 0.339 e. The molecule has 1 aromatic carbocycles. The summed E-state index contributed by atoms with van der Waals surface area (Å²) in [6.45, 7) is 1.87. The lowest BCUT2D eigenvalue weighted by molar-refractivity contribution is 0.0698. The minimum absolute atomic E-state index is 0.113. The first-order valence-electron chi connectivity index (χ1n) is 5.71. The number of aromatic nitrogens is 2. The molecule has 0 saturated carbocycles.